The van der Waals surface area contributed by atoms with Gasteiger partial charge in [-0.2, -0.15) is 5.10 Å². The Morgan fingerprint density at radius 1 is 1.24 bits per heavy atom. The first-order chi connectivity index (χ1) is 10.2. The average molecular weight is 289 g/mol. The van der Waals surface area contributed by atoms with E-state index in [9.17, 15) is 9.50 Å². The largest absolute Gasteiger partial charge is 0.385 e. The van der Waals surface area contributed by atoms with Gasteiger partial charge in [0.15, 0.2) is 0 Å². The van der Waals surface area contributed by atoms with Crippen LogP contribution in [-0.2, 0) is 12.0 Å². The molecule has 2 N–H and O–H groups in total. The van der Waals surface area contributed by atoms with E-state index in [1.807, 2.05) is 12.4 Å². The van der Waals surface area contributed by atoms with Crippen molar-refractivity contribution in [2.45, 2.75) is 24.9 Å². The Hall–Kier alpha value is -1.72. The van der Waals surface area contributed by atoms with Crippen LogP contribution in [0.4, 0.5) is 4.39 Å². The second kappa shape index (κ2) is 5.95. The molecule has 2 aromatic rings. The third-order valence-electron chi connectivity index (χ3n) is 4.34. The Labute approximate surface area is 123 Å². The van der Waals surface area contributed by atoms with E-state index in [2.05, 4.69) is 15.1 Å². The van der Waals surface area contributed by atoms with Crippen LogP contribution in [0.15, 0.2) is 36.7 Å². The maximum atomic E-state index is 13.0. The van der Waals surface area contributed by atoms with Crippen LogP contribution in [0.5, 0.6) is 0 Å². The lowest BCUT2D eigenvalue weighted by Crippen LogP contribution is -2.43. The van der Waals surface area contributed by atoms with Crippen LogP contribution < -0.4 is 0 Å². The van der Waals surface area contributed by atoms with Gasteiger partial charge in [-0.1, -0.05) is 12.1 Å². The number of benzene rings is 1. The van der Waals surface area contributed by atoms with Gasteiger partial charge in [0.05, 0.1) is 11.8 Å². The van der Waals surface area contributed by atoms with E-state index < -0.39 is 5.60 Å². The SMILES string of the molecule is OC1(c2ccc(F)cc2)CCN(CCc2cn[nH]c2)CC1. The normalized spacial score (nSPS) is 18.8. The van der Waals surface area contributed by atoms with Crippen molar-refractivity contribution in [3.63, 3.8) is 0 Å². The molecule has 2 heterocycles. The van der Waals surface area contributed by atoms with E-state index in [0.29, 0.717) is 12.8 Å². The van der Waals surface area contributed by atoms with Crippen LogP contribution in [0.25, 0.3) is 0 Å². The monoisotopic (exact) mass is 289 g/mol. The molecule has 0 saturated carbocycles. The van der Waals surface area contributed by atoms with Gasteiger partial charge in [-0.15, -0.1) is 0 Å². The van der Waals surface area contributed by atoms with Crippen LogP contribution in [0.1, 0.15) is 24.0 Å². The molecule has 5 heteroatoms. The van der Waals surface area contributed by atoms with Gasteiger partial charge in [-0.3, -0.25) is 5.10 Å². The Kier molecular flexibility index (Phi) is 4.03. The van der Waals surface area contributed by atoms with Crippen LogP contribution in [0, 0.1) is 5.82 Å². The standard InChI is InChI=1S/C16H20FN3O/c17-15-3-1-14(2-4-15)16(21)6-9-20(10-7-16)8-5-13-11-18-19-12-13/h1-4,11-12,21H,5-10H2,(H,18,19). The zero-order chi connectivity index (χ0) is 14.7. The van der Waals surface area contributed by atoms with Gasteiger partial charge in [-0.25, -0.2) is 4.39 Å². The number of hydrogen-bond donors (Lipinski definition) is 2. The maximum absolute atomic E-state index is 13.0. The van der Waals surface area contributed by atoms with Crippen molar-refractivity contribution in [3.05, 3.63) is 53.6 Å². The number of H-pyrrole nitrogens is 1. The predicted molar refractivity (Wildman–Crippen MR) is 78.3 cm³/mol. The van der Waals surface area contributed by atoms with E-state index in [4.69, 9.17) is 0 Å². The summed E-state index contributed by atoms with van der Waals surface area (Å²) in [5, 5.41) is 17.5. The molecule has 3 rings (SSSR count). The molecule has 4 nitrogen and oxygen atoms in total. The second-order valence-corrected chi connectivity index (χ2v) is 5.74. The summed E-state index contributed by atoms with van der Waals surface area (Å²) in [6.07, 6.45) is 6.09. The summed E-state index contributed by atoms with van der Waals surface area (Å²) in [6, 6.07) is 6.21. The molecule has 1 aliphatic heterocycles. The van der Waals surface area contributed by atoms with E-state index in [1.54, 1.807) is 12.1 Å². The predicted octanol–water partition coefficient (Wildman–Crippen LogP) is 2.07. The molecule has 0 unspecified atom stereocenters. The molecule has 0 spiro atoms. The smallest absolute Gasteiger partial charge is 0.123 e. The zero-order valence-corrected chi connectivity index (χ0v) is 11.9. The quantitative estimate of drug-likeness (QED) is 0.906. The average Bonchev–Trinajstić information content (AvgIpc) is 3.01. The highest BCUT2D eigenvalue weighted by molar-refractivity contribution is 5.23. The van der Waals surface area contributed by atoms with Crippen molar-refractivity contribution in [1.29, 1.82) is 0 Å². The number of aliphatic hydroxyl groups is 1. The van der Waals surface area contributed by atoms with E-state index in [0.717, 1.165) is 31.6 Å². The number of nitrogens with one attached hydrogen (secondary N) is 1. The summed E-state index contributed by atoms with van der Waals surface area (Å²) in [5.41, 5.74) is 1.20. The first-order valence-corrected chi connectivity index (χ1v) is 7.34. The van der Waals surface area contributed by atoms with Crippen LogP contribution in [-0.4, -0.2) is 39.8 Å². The number of aromatic nitrogens is 2. The third kappa shape index (κ3) is 3.31. The van der Waals surface area contributed by atoms with Gasteiger partial charge < -0.3 is 10.0 Å². The minimum atomic E-state index is -0.820. The molecule has 0 atom stereocenters. The van der Waals surface area contributed by atoms with Gasteiger partial charge in [0, 0.05) is 25.8 Å². The molecule has 112 valence electrons. The molecule has 0 radical (unpaired) electrons. The molecule has 1 aromatic carbocycles. The van der Waals surface area contributed by atoms with Crippen molar-refractivity contribution < 1.29 is 9.50 Å². The lowest BCUT2D eigenvalue weighted by Gasteiger charge is -2.38. The first kappa shape index (κ1) is 14.2. The molecule has 21 heavy (non-hydrogen) atoms. The fourth-order valence-electron chi connectivity index (χ4n) is 2.90. The van der Waals surface area contributed by atoms with Gasteiger partial charge in [-0.05, 0) is 42.5 Å². The Morgan fingerprint density at radius 3 is 2.57 bits per heavy atom. The van der Waals surface area contributed by atoms with Crippen molar-refractivity contribution >= 4 is 0 Å². The summed E-state index contributed by atoms with van der Waals surface area (Å²) >= 11 is 0. The Morgan fingerprint density at radius 2 is 1.95 bits per heavy atom. The van der Waals surface area contributed by atoms with Crippen molar-refractivity contribution in [2.75, 3.05) is 19.6 Å². The number of halogens is 1. The molecular weight excluding hydrogens is 269 g/mol. The summed E-state index contributed by atoms with van der Waals surface area (Å²) in [5.74, 6) is -0.264. The lowest BCUT2D eigenvalue weighted by molar-refractivity contribution is -0.0256. The fraction of sp³-hybridized carbons (Fsp3) is 0.438. The fourth-order valence-corrected chi connectivity index (χ4v) is 2.90. The van der Waals surface area contributed by atoms with Gasteiger partial charge >= 0.3 is 0 Å². The summed E-state index contributed by atoms with van der Waals surface area (Å²) in [4.78, 5) is 2.35. The highest BCUT2D eigenvalue weighted by atomic mass is 19.1. The second-order valence-electron chi connectivity index (χ2n) is 5.74. The molecule has 0 aliphatic carbocycles. The third-order valence-corrected chi connectivity index (χ3v) is 4.34. The van der Waals surface area contributed by atoms with E-state index >= 15 is 0 Å². The van der Waals surface area contributed by atoms with Crippen LogP contribution in [0.2, 0.25) is 0 Å². The molecule has 1 saturated heterocycles. The van der Waals surface area contributed by atoms with Crippen molar-refractivity contribution in [2.24, 2.45) is 0 Å². The summed E-state index contributed by atoms with van der Waals surface area (Å²) < 4.78 is 13.0. The number of nitrogens with zero attached hydrogens (tertiary/aromatic N) is 2. The Balaban J connectivity index is 1.55. The highest BCUT2D eigenvalue weighted by Crippen LogP contribution is 2.32. The van der Waals surface area contributed by atoms with Gasteiger partial charge in [0.2, 0.25) is 0 Å². The van der Waals surface area contributed by atoms with Crippen LogP contribution in [0.3, 0.4) is 0 Å². The minimum Gasteiger partial charge on any atom is -0.385 e. The number of aromatic amines is 1. The van der Waals surface area contributed by atoms with E-state index in [-0.39, 0.29) is 5.82 Å². The maximum Gasteiger partial charge on any atom is 0.123 e. The highest BCUT2D eigenvalue weighted by Gasteiger charge is 2.33. The minimum absolute atomic E-state index is 0.264. The number of piperidine rings is 1. The lowest BCUT2D eigenvalue weighted by atomic mass is 9.84. The Bertz CT molecular complexity index is 560. The molecular formula is C16H20FN3O. The molecule has 1 fully saturated rings. The number of likely N-dealkylation sites (tertiary alicyclic amines) is 1. The number of hydrogen-bond acceptors (Lipinski definition) is 3. The van der Waals surface area contributed by atoms with Gasteiger partial charge in [0.25, 0.3) is 0 Å². The first-order valence-electron chi connectivity index (χ1n) is 7.34. The van der Waals surface area contributed by atoms with Crippen molar-refractivity contribution in [3.8, 4) is 0 Å². The van der Waals surface area contributed by atoms with E-state index in [1.165, 1.54) is 17.7 Å². The molecule has 0 amide bonds. The van der Waals surface area contributed by atoms with Crippen molar-refractivity contribution in [1.82, 2.24) is 15.1 Å². The number of rotatable bonds is 4. The topological polar surface area (TPSA) is 52.1 Å². The summed E-state index contributed by atoms with van der Waals surface area (Å²) in [6.45, 7) is 2.68. The summed E-state index contributed by atoms with van der Waals surface area (Å²) in [7, 11) is 0. The molecule has 1 aliphatic rings. The van der Waals surface area contributed by atoms with Gasteiger partial charge in [0.1, 0.15) is 5.82 Å². The molecule has 0 bridgehead atoms. The van der Waals surface area contributed by atoms with Crippen LogP contribution >= 0.6 is 0 Å². The zero-order valence-electron chi connectivity index (χ0n) is 11.9. The molecule has 1 aromatic heterocycles.